The number of hydrogen-bond acceptors (Lipinski definition) is 4. The van der Waals surface area contributed by atoms with Crippen LogP contribution in [0.1, 0.15) is 0 Å². The first kappa shape index (κ1) is 11.1. The maximum absolute atomic E-state index is 11.3. The van der Waals surface area contributed by atoms with Crippen LogP contribution < -0.4 is 9.46 Å². The fraction of sp³-hybridized carbons (Fsp3) is 0. The summed E-state index contributed by atoms with van der Waals surface area (Å²) < 4.78 is 1.53. The molecule has 0 atom stereocenters. The minimum Gasteiger partial charge on any atom is -0.619 e. The lowest BCUT2D eigenvalue weighted by atomic mass is 10.5. The molecule has 4 nitrogen and oxygen atoms in total. The quantitative estimate of drug-likeness (QED) is 0.474. The second kappa shape index (κ2) is 5.09. The fourth-order valence-electron chi connectivity index (χ4n) is 1.05. The molecule has 0 aliphatic heterocycles. The van der Waals surface area contributed by atoms with Crippen molar-refractivity contribution in [2.75, 3.05) is 0 Å². The monoisotopic (exact) mass is 252 g/mol. The van der Waals surface area contributed by atoms with Crippen molar-refractivity contribution in [3.63, 3.8) is 0 Å². The van der Waals surface area contributed by atoms with Crippen LogP contribution in [0, 0.1) is 10.4 Å². The van der Waals surface area contributed by atoms with Crippen molar-refractivity contribution >= 4 is 21.6 Å². The Kier molecular flexibility index (Phi) is 3.53. The molecule has 82 valence electrons. The zero-order chi connectivity index (χ0) is 11.4. The fourth-order valence-corrected chi connectivity index (χ4v) is 3.01. The van der Waals surface area contributed by atoms with Gasteiger partial charge in [-0.05, 0) is 22.9 Å². The van der Waals surface area contributed by atoms with Crippen molar-refractivity contribution in [1.29, 1.82) is 0 Å². The van der Waals surface area contributed by atoms with E-state index in [1.165, 1.54) is 40.2 Å². The average Bonchev–Trinajstić information content (AvgIpc) is 2.28. The Morgan fingerprint density at radius 1 is 0.938 bits per heavy atom. The van der Waals surface area contributed by atoms with E-state index in [9.17, 15) is 10.4 Å². The molecule has 0 spiro atoms. The summed E-state index contributed by atoms with van der Waals surface area (Å²) in [6, 6.07) is 8.71. The first-order chi connectivity index (χ1) is 7.75. The highest BCUT2D eigenvalue weighted by Gasteiger charge is 2.07. The Bertz CT molecular complexity index is 494. The summed E-state index contributed by atoms with van der Waals surface area (Å²) in [5, 5.41) is 22.9. The first-order valence-corrected chi connectivity index (χ1v) is 6.62. The number of hydrogen-bond donors (Lipinski definition) is 0. The van der Waals surface area contributed by atoms with Crippen molar-refractivity contribution in [3.05, 3.63) is 59.3 Å². The predicted octanol–water partition coefficient (Wildman–Crippen LogP) is 1.75. The molecule has 0 saturated carbocycles. The van der Waals surface area contributed by atoms with Gasteiger partial charge in [-0.1, -0.05) is 0 Å². The molecule has 0 fully saturated rings. The summed E-state index contributed by atoms with van der Waals surface area (Å²) in [4.78, 5) is 0.811. The van der Waals surface area contributed by atoms with Crippen molar-refractivity contribution in [1.82, 2.24) is 0 Å². The highest BCUT2D eigenvalue weighted by molar-refractivity contribution is 8.76. The number of pyridine rings is 2. The lowest BCUT2D eigenvalue weighted by Gasteiger charge is -2.02. The molecule has 0 saturated heterocycles. The average molecular weight is 252 g/mol. The summed E-state index contributed by atoms with van der Waals surface area (Å²) in [5.74, 6) is 0. The standard InChI is InChI=1S/C10H8N2O2S2/c13-11-6-3-4-9(8-11)15-16-10-5-1-2-7-12(10)14/h1-8H. The molecule has 0 N–H and O–H groups in total. The molecule has 0 bridgehead atoms. The largest absolute Gasteiger partial charge is 0.619 e. The van der Waals surface area contributed by atoms with Gasteiger partial charge in [0, 0.05) is 29.0 Å². The molecule has 0 aliphatic rings. The van der Waals surface area contributed by atoms with Crippen LogP contribution in [-0.4, -0.2) is 0 Å². The molecule has 0 unspecified atom stereocenters. The minimum absolute atomic E-state index is 0.591. The smallest absolute Gasteiger partial charge is 0.262 e. The third kappa shape index (κ3) is 2.80. The van der Waals surface area contributed by atoms with Crippen LogP contribution in [0.4, 0.5) is 0 Å². The molecule has 0 aliphatic carbocycles. The van der Waals surface area contributed by atoms with Crippen molar-refractivity contribution in [2.45, 2.75) is 9.92 Å². The second-order valence-electron chi connectivity index (χ2n) is 2.93. The molecule has 0 amide bonds. The molecule has 2 aromatic heterocycles. The Labute approximate surface area is 100 Å². The molecular weight excluding hydrogens is 244 g/mol. The van der Waals surface area contributed by atoms with Gasteiger partial charge >= 0.3 is 0 Å². The summed E-state index contributed by atoms with van der Waals surface area (Å²) in [7, 11) is 2.70. The van der Waals surface area contributed by atoms with Gasteiger partial charge < -0.3 is 10.4 Å². The van der Waals surface area contributed by atoms with Crippen molar-refractivity contribution in [3.8, 4) is 0 Å². The normalized spacial score (nSPS) is 10.2. The van der Waals surface area contributed by atoms with Crippen LogP contribution in [0.5, 0.6) is 0 Å². The van der Waals surface area contributed by atoms with Gasteiger partial charge in [0.15, 0.2) is 18.6 Å². The Hall–Kier alpha value is -1.40. The Balaban J connectivity index is 2.05. The SMILES string of the molecule is [O-][n+]1cccc(SSc2cccc[n+]2[O-])c1. The van der Waals surface area contributed by atoms with E-state index in [0.717, 1.165) is 14.4 Å². The molecule has 2 rings (SSSR count). The van der Waals surface area contributed by atoms with Gasteiger partial charge in [-0.15, -0.1) is 0 Å². The van der Waals surface area contributed by atoms with Crippen LogP contribution in [-0.2, 0) is 0 Å². The van der Waals surface area contributed by atoms with E-state index in [1.54, 1.807) is 24.3 Å². The molecule has 2 aromatic rings. The summed E-state index contributed by atoms with van der Waals surface area (Å²) in [6.07, 6.45) is 4.34. The van der Waals surface area contributed by atoms with Gasteiger partial charge in [-0.2, -0.15) is 9.46 Å². The number of rotatable bonds is 3. The molecule has 0 aromatic carbocycles. The second-order valence-corrected chi connectivity index (χ2v) is 5.15. The summed E-state index contributed by atoms with van der Waals surface area (Å²) in [6.45, 7) is 0. The molecule has 16 heavy (non-hydrogen) atoms. The first-order valence-electron chi connectivity index (χ1n) is 4.47. The zero-order valence-electron chi connectivity index (χ0n) is 8.15. The predicted molar refractivity (Wildman–Crippen MR) is 62.5 cm³/mol. The van der Waals surface area contributed by atoms with Crippen LogP contribution >= 0.6 is 21.6 Å². The number of aromatic nitrogens is 2. The van der Waals surface area contributed by atoms with E-state index in [2.05, 4.69) is 0 Å². The molecule has 2 heterocycles. The van der Waals surface area contributed by atoms with Crippen LogP contribution in [0.25, 0.3) is 0 Å². The van der Waals surface area contributed by atoms with Crippen LogP contribution in [0.3, 0.4) is 0 Å². The minimum atomic E-state index is 0.591. The molecule has 0 radical (unpaired) electrons. The lowest BCUT2D eigenvalue weighted by molar-refractivity contribution is -0.645. The van der Waals surface area contributed by atoms with Crippen molar-refractivity contribution < 1.29 is 9.46 Å². The highest BCUT2D eigenvalue weighted by atomic mass is 33.1. The maximum atomic E-state index is 11.3. The van der Waals surface area contributed by atoms with E-state index in [1.807, 2.05) is 6.07 Å². The third-order valence-electron chi connectivity index (χ3n) is 1.76. The van der Waals surface area contributed by atoms with Gasteiger partial charge in [0.2, 0.25) is 0 Å². The zero-order valence-corrected chi connectivity index (χ0v) is 9.78. The lowest BCUT2D eigenvalue weighted by Crippen LogP contribution is -2.27. The van der Waals surface area contributed by atoms with E-state index in [-0.39, 0.29) is 0 Å². The Morgan fingerprint density at radius 2 is 1.81 bits per heavy atom. The molecule has 6 heteroatoms. The van der Waals surface area contributed by atoms with Gasteiger partial charge in [-0.25, -0.2) is 0 Å². The highest BCUT2D eigenvalue weighted by Crippen LogP contribution is 2.34. The topological polar surface area (TPSA) is 53.9 Å². The summed E-state index contributed by atoms with van der Waals surface area (Å²) in [5.41, 5.74) is 0. The molecular formula is C10H8N2O2S2. The van der Waals surface area contributed by atoms with E-state index >= 15 is 0 Å². The Morgan fingerprint density at radius 3 is 2.56 bits per heavy atom. The third-order valence-corrected chi connectivity index (χ3v) is 4.10. The van der Waals surface area contributed by atoms with E-state index < -0.39 is 0 Å². The van der Waals surface area contributed by atoms with Crippen LogP contribution in [0.15, 0.2) is 58.8 Å². The van der Waals surface area contributed by atoms with Crippen LogP contribution in [0.2, 0.25) is 0 Å². The van der Waals surface area contributed by atoms with Crippen molar-refractivity contribution in [2.24, 2.45) is 0 Å². The van der Waals surface area contributed by atoms with Gasteiger partial charge in [0.05, 0.1) is 4.90 Å². The van der Waals surface area contributed by atoms with Gasteiger partial charge in [-0.3, -0.25) is 0 Å². The van der Waals surface area contributed by atoms with E-state index in [4.69, 9.17) is 0 Å². The van der Waals surface area contributed by atoms with Gasteiger partial charge in [0.25, 0.3) is 5.03 Å². The maximum Gasteiger partial charge on any atom is 0.262 e. The number of nitrogens with zero attached hydrogens (tertiary/aromatic N) is 2. The van der Waals surface area contributed by atoms with E-state index in [0.29, 0.717) is 5.03 Å². The summed E-state index contributed by atoms with van der Waals surface area (Å²) >= 11 is 0. The van der Waals surface area contributed by atoms with Gasteiger partial charge in [0.1, 0.15) is 0 Å².